The Kier molecular flexibility index (Phi) is 15.1. The van der Waals surface area contributed by atoms with Gasteiger partial charge in [-0.3, -0.25) is 0 Å². The standard InChI is InChI=1S/C18H18O5.C12H10O3.C3H5ClO.CH4.Na.H/c1-5-15(6-2-13(1)19-9-17-11-21-17)23-16-7-3-14(4-8-16)20-10-18-12-22-18;13-9-1-5-11(6-2-9)15-12-7-3-10(14)4-8-12;4-1-3-2-5-3;;;/h1-8,17-18H,9-12H2;1-8,13-14H;3H,1-2H2;1H4;;/q;;;;+1;-1. The van der Waals surface area contributed by atoms with E-state index in [1.165, 1.54) is 0 Å². The number of halogens is 1. The van der Waals surface area contributed by atoms with Crippen LogP contribution in [0.15, 0.2) is 97.1 Å². The molecule has 3 fully saturated rings. The average Bonchev–Trinajstić information content (AvgIpc) is 3.89. The van der Waals surface area contributed by atoms with Crippen LogP contribution in [-0.4, -0.2) is 67.4 Å². The Balaban J connectivity index is 0.000000277. The van der Waals surface area contributed by atoms with E-state index in [9.17, 15) is 0 Å². The van der Waals surface area contributed by atoms with Gasteiger partial charge in [0.2, 0.25) is 0 Å². The van der Waals surface area contributed by atoms with Gasteiger partial charge in [0.15, 0.2) is 0 Å². The minimum Gasteiger partial charge on any atom is -1.00 e. The van der Waals surface area contributed by atoms with Gasteiger partial charge in [-0.2, -0.15) is 0 Å². The molecule has 3 aliphatic heterocycles. The summed E-state index contributed by atoms with van der Waals surface area (Å²) in [4.78, 5) is 0. The molecule has 4 aromatic carbocycles. The van der Waals surface area contributed by atoms with E-state index in [1.54, 1.807) is 48.5 Å². The molecule has 2 N–H and O–H groups in total. The van der Waals surface area contributed by atoms with Crippen LogP contribution in [0.4, 0.5) is 0 Å². The molecule has 9 nitrogen and oxygen atoms in total. The molecule has 45 heavy (non-hydrogen) atoms. The minimum atomic E-state index is 0. The monoisotopic (exact) mass is 648 g/mol. The molecule has 0 spiro atoms. The minimum absolute atomic E-state index is 0. The Morgan fingerprint density at radius 3 is 1.04 bits per heavy atom. The Morgan fingerprint density at radius 2 is 0.800 bits per heavy atom. The fourth-order valence-corrected chi connectivity index (χ4v) is 3.55. The molecule has 3 saturated heterocycles. The summed E-state index contributed by atoms with van der Waals surface area (Å²) in [6.07, 6.45) is 0.924. The molecule has 0 bridgehead atoms. The quantitative estimate of drug-likeness (QED) is 0.140. The third kappa shape index (κ3) is 14.2. The van der Waals surface area contributed by atoms with Crippen molar-refractivity contribution in [3.8, 4) is 46.0 Å². The summed E-state index contributed by atoms with van der Waals surface area (Å²) in [5, 5.41) is 18.1. The van der Waals surface area contributed by atoms with Crippen molar-refractivity contribution in [1.29, 1.82) is 0 Å². The van der Waals surface area contributed by atoms with E-state index in [-0.39, 0.29) is 62.1 Å². The van der Waals surface area contributed by atoms with Crippen LogP contribution in [0.2, 0.25) is 0 Å². The van der Waals surface area contributed by atoms with E-state index in [2.05, 4.69) is 0 Å². The van der Waals surface area contributed by atoms with Gasteiger partial charge in [0.05, 0.1) is 31.8 Å². The maximum atomic E-state index is 9.07. The first kappa shape index (κ1) is 36.3. The first-order valence-corrected chi connectivity index (χ1v) is 14.4. The van der Waals surface area contributed by atoms with Crippen molar-refractivity contribution in [2.24, 2.45) is 0 Å². The summed E-state index contributed by atoms with van der Waals surface area (Å²) in [7, 11) is 0. The number of phenolic OH excluding ortho intramolecular Hbond substituents is 2. The summed E-state index contributed by atoms with van der Waals surface area (Å²) in [5.41, 5.74) is 0. The van der Waals surface area contributed by atoms with Crippen LogP contribution in [0, 0.1) is 0 Å². The van der Waals surface area contributed by atoms with Crippen LogP contribution in [-0.2, 0) is 14.2 Å². The second-order valence-corrected chi connectivity index (χ2v) is 10.1. The predicted molar refractivity (Wildman–Crippen MR) is 168 cm³/mol. The molecule has 3 aliphatic rings. The van der Waals surface area contributed by atoms with Crippen LogP contribution >= 0.6 is 11.6 Å². The zero-order chi connectivity index (χ0) is 29.9. The van der Waals surface area contributed by atoms with E-state index in [1.807, 2.05) is 48.5 Å². The topological polar surface area (TPSA) is 115 Å². The van der Waals surface area contributed by atoms with Gasteiger partial charge in [0.1, 0.15) is 71.4 Å². The predicted octanol–water partition coefficient (Wildman–Crippen LogP) is 4.30. The van der Waals surface area contributed by atoms with Crippen molar-refractivity contribution in [3.63, 3.8) is 0 Å². The normalized spacial score (nSPS) is 18.1. The van der Waals surface area contributed by atoms with Gasteiger partial charge >= 0.3 is 29.6 Å². The SMILES string of the molecule is C.ClCC1CO1.Oc1ccc(Oc2ccc(O)cc2)cc1.[H-].[Na+].c1cc(Oc2ccc(OCC3CO3)cc2)ccc1OCC1CO1. The Hall–Kier alpha value is -3.15. The number of phenols is 2. The van der Waals surface area contributed by atoms with E-state index in [0.29, 0.717) is 36.7 Å². The molecule has 3 atom stereocenters. The molecule has 236 valence electrons. The molecule has 0 saturated carbocycles. The maximum absolute atomic E-state index is 9.07. The molecule has 0 aliphatic carbocycles. The van der Waals surface area contributed by atoms with Crippen LogP contribution in [0.25, 0.3) is 0 Å². The van der Waals surface area contributed by atoms with Gasteiger partial charge in [-0.25, -0.2) is 0 Å². The Bertz CT molecular complexity index is 1280. The van der Waals surface area contributed by atoms with E-state index in [0.717, 1.165) is 42.8 Å². The van der Waals surface area contributed by atoms with Crippen molar-refractivity contribution >= 4 is 11.6 Å². The van der Waals surface area contributed by atoms with Gasteiger partial charge in [0, 0.05) is 0 Å². The summed E-state index contributed by atoms with van der Waals surface area (Å²) < 4.78 is 37.4. The molecule has 0 amide bonds. The average molecular weight is 649 g/mol. The molecule has 7 rings (SSSR count). The molecule has 0 aromatic heterocycles. The molecule has 3 heterocycles. The molecule has 0 radical (unpaired) electrons. The fourth-order valence-electron chi connectivity index (χ4n) is 3.37. The Morgan fingerprint density at radius 1 is 0.533 bits per heavy atom. The number of alkyl halides is 1. The number of rotatable bonds is 11. The first-order chi connectivity index (χ1) is 21.0. The zero-order valence-electron chi connectivity index (χ0n) is 25.3. The number of benzene rings is 4. The van der Waals surface area contributed by atoms with Crippen molar-refractivity contribution in [1.82, 2.24) is 0 Å². The van der Waals surface area contributed by atoms with Crippen molar-refractivity contribution in [3.05, 3.63) is 97.1 Å². The van der Waals surface area contributed by atoms with Crippen LogP contribution < -0.4 is 48.5 Å². The number of ether oxygens (including phenoxy) is 7. The summed E-state index contributed by atoms with van der Waals surface area (Å²) in [6, 6.07) is 28.0. The first-order valence-electron chi connectivity index (χ1n) is 13.8. The second-order valence-electron chi connectivity index (χ2n) is 9.78. The zero-order valence-corrected chi connectivity index (χ0v) is 27.1. The summed E-state index contributed by atoms with van der Waals surface area (Å²) in [6.45, 7) is 3.69. The Labute approximate surface area is 292 Å². The molecule has 11 heteroatoms. The number of epoxide rings is 3. The van der Waals surface area contributed by atoms with Gasteiger partial charge in [0.25, 0.3) is 0 Å². The second kappa shape index (κ2) is 18.7. The van der Waals surface area contributed by atoms with Gasteiger partial charge < -0.3 is 44.8 Å². The largest absolute Gasteiger partial charge is 1.00 e. The summed E-state index contributed by atoms with van der Waals surface area (Å²) in [5.74, 6) is 5.51. The number of hydrogen-bond acceptors (Lipinski definition) is 9. The number of aromatic hydroxyl groups is 2. The molecule has 4 aromatic rings. The molecular weight excluding hydrogens is 611 g/mol. The third-order valence-electron chi connectivity index (χ3n) is 6.04. The smallest absolute Gasteiger partial charge is 1.00 e. The van der Waals surface area contributed by atoms with Crippen molar-refractivity contribution in [2.45, 2.75) is 25.7 Å². The van der Waals surface area contributed by atoms with Gasteiger partial charge in [-0.1, -0.05) is 7.43 Å². The summed E-state index contributed by atoms with van der Waals surface area (Å²) >= 11 is 5.27. The fraction of sp³-hybridized carbons (Fsp3) is 0.294. The van der Waals surface area contributed by atoms with Crippen molar-refractivity contribution in [2.75, 3.05) is 38.9 Å². The van der Waals surface area contributed by atoms with E-state index >= 15 is 0 Å². The van der Waals surface area contributed by atoms with E-state index in [4.69, 9.17) is 55.0 Å². The van der Waals surface area contributed by atoms with Gasteiger partial charge in [-0.05, 0) is 97.1 Å². The van der Waals surface area contributed by atoms with Crippen LogP contribution in [0.5, 0.6) is 46.0 Å². The maximum Gasteiger partial charge on any atom is 1.00 e. The van der Waals surface area contributed by atoms with Gasteiger partial charge in [-0.15, -0.1) is 11.6 Å². The van der Waals surface area contributed by atoms with Crippen molar-refractivity contribution < 1.29 is 74.4 Å². The van der Waals surface area contributed by atoms with Crippen LogP contribution in [0.1, 0.15) is 8.85 Å². The van der Waals surface area contributed by atoms with Crippen LogP contribution in [0.3, 0.4) is 0 Å². The number of hydrogen-bond donors (Lipinski definition) is 2. The third-order valence-corrected chi connectivity index (χ3v) is 6.39. The molecular formula is C34H38ClNaO9. The molecule has 3 unspecified atom stereocenters. The van der Waals surface area contributed by atoms with E-state index < -0.39 is 0 Å².